The van der Waals surface area contributed by atoms with Crippen molar-refractivity contribution in [2.45, 2.75) is 13.5 Å². The van der Waals surface area contributed by atoms with Gasteiger partial charge in [-0.1, -0.05) is 0 Å². The van der Waals surface area contributed by atoms with Crippen LogP contribution in [-0.2, 0) is 11.3 Å². The van der Waals surface area contributed by atoms with E-state index >= 15 is 0 Å². The molecule has 1 N–H and O–H groups in total. The average Bonchev–Trinajstić information content (AvgIpc) is 2.06. The number of anilines is 1. The zero-order chi connectivity index (χ0) is 8.81. The lowest BCUT2D eigenvalue weighted by Crippen LogP contribution is -2.01. The molecule has 0 atom stereocenters. The predicted octanol–water partition coefficient (Wildman–Crippen LogP) is 1.05. The fourth-order valence-corrected chi connectivity index (χ4v) is 0.902. The van der Waals surface area contributed by atoms with Crippen molar-refractivity contribution in [2.75, 3.05) is 19.0 Å². The summed E-state index contributed by atoms with van der Waals surface area (Å²) in [4.78, 5) is 8.07. The predicted molar refractivity (Wildman–Crippen MR) is 46.9 cm³/mol. The molecule has 0 saturated carbocycles. The van der Waals surface area contributed by atoms with Crippen LogP contribution in [0.3, 0.4) is 0 Å². The van der Waals surface area contributed by atoms with Gasteiger partial charge in [0.25, 0.3) is 0 Å². The normalized spacial score (nSPS) is 9.83. The third kappa shape index (κ3) is 2.47. The van der Waals surface area contributed by atoms with Crippen molar-refractivity contribution in [1.29, 1.82) is 0 Å². The lowest BCUT2D eigenvalue weighted by Gasteiger charge is -2.02. The van der Waals surface area contributed by atoms with E-state index in [-0.39, 0.29) is 0 Å². The van der Waals surface area contributed by atoms with Crippen molar-refractivity contribution >= 4 is 5.82 Å². The summed E-state index contributed by atoms with van der Waals surface area (Å²) in [5, 5.41) is 3.10. The zero-order valence-electron chi connectivity index (χ0n) is 7.37. The Labute approximate surface area is 72.0 Å². The maximum absolute atomic E-state index is 4.94. The number of rotatable bonds is 4. The topological polar surface area (TPSA) is 47.0 Å². The molecule has 4 heteroatoms. The minimum atomic E-state index is 0.529. The van der Waals surface area contributed by atoms with Gasteiger partial charge in [0.1, 0.15) is 12.1 Å². The molecule has 0 aromatic carbocycles. The molecule has 0 radical (unpaired) electrons. The first kappa shape index (κ1) is 8.93. The first-order chi connectivity index (χ1) is 5.86. The van der Waals surface area contributed by atoms with Crippen molar-refractivity contribution < 1.29 is 4.74 Å². The number of methoxy groups -OCH3 is 1. The van der Waals surface area contributed by atoms with Crippen molar-refractivity contribution in [3.05, 3.63) is 18.1 Å². The van der Waals surface area contributed by atoms with Gasteiger partial charge in [0.05, 0.1) is 12.3 Å². The van der Waals surface area contributed by atoms with Crippen LogP contribution in [0.1, 0.15) is 12.6 Å². The van der Waals surface area contributed by atoms with Crippen molar-refractivity contribution in [1.82, 2.24) is 9.97 Å². The molecule has 0 aliphatic heterocycles. The Morgan fingerprint density at radius 2 is 2.33 bits per heavy atom. The first-order valence-corrected chi connectivity index (χ1v) is 3.90. The molecular formula is C8H13N3O. The lowest BCUT2D eigenvalue weighted by molar-refractivity contribution is 0.181. The van der Waals surface area contributed by atoms with Crippen molar-refractivity contribution in [2.24, 2.45) is 0 Å². The largest absolute Gasteiger partial charge is 0.378 e. The highest BCUT2D eigenvalue weighted by Crippen LogP contribution is 2.03. The van der Waals surface area contributed by atoms with Crippen LogP contribution in [0.4, 0.5) is 5.82 Å². The maximum Gasteiger partial charge on any atom is 0.129 e. The molecular weight excluding hydrogens is 154 g/mol. The Balaban J connectivity index is 2.67. The third-order valence-electron chi connectivity index (χ3n) is 1.37. The number of hydrogen-bond acceptors (Lipinski definition) is 4. The van der Waals surface area contributed by atoms with E-state index < -0.39 is 0 Å². The fraction of sp³-hybridized carbons (Fsp3) is 0.500. The molecule has 0 spiro atoms. The quantitative estimate of drug-likeness (QED) is 0.728. The van der Waals surface area contributed by atoms with Gasteiger partial charge in [-0.3, -0.25) is 0 Å². The number of nitrogens with zero attached hydrogens (tertiary/aromatic N) is 2. The smallest absolute Gasteiger partial charge is 0.129 e. The summed E-state index contributed by atoms with van der Waals surface area (Å²) in [7, 11) is 1.65. The summed E-state index contributed by atoms with van der Waals surface area (Å²) in [6.45, 7) is 3.42. The molecule has 0 aliphatic carbocycles. The molecule has 1 heterocycles. The molecule has 66 valence electrons. The van der Waals surface area contributed by atoms with E-state index in [1.54, 1.807) is 7.11 Å². The van der Waals surface area contributed by atoms with E-state index in [9.17, 15) is 0 Å². The highest BCUT2D eigenvalue weighted by atomic mass is 16.5. The van der Waals surface area contributed by atoms with Crippen LogP contribution in [0.2, 0.25) is 0 Å². The molecule has 0 saturated heterocycles. The molecule has 0 bridgehead atoms. The molecule has 4 nitrogen and oxygen atoms in total. The number of nitrogens with one attached hydrogen (secondary N) is 1. The first-order valence-electron chi connectivity index (χ1n) is 3.90. The summed E-state index contributed by atoms with van der Waals surface area (Å²) >= 11 is 0. The van der Waals surface area contributed by atoms with Crippen LogP contribution in [0.15, 0.2) is 12.4 Å². The Bertz CT molecular complexity index is 218. The van der Waals surface area contributed by atoms with Crippen molar-refractivity contribution in [3.63, 3.8) is 0 Å². The van der Waals surface area contributed by atoms with Gasteiger partial charge in [0.15, 0.2) is 0 Å². The van der Waals surface area contributed by atoms with Gasteiger partial charge in [-0.05, 0) is 6.92 Å². The summed E-state index contributed by atoms with van der Waals surface area (Å²) in [6.07, 6.45) is 1.53. The van der Waals surface area contributed by atoms with Crippen LogP contribution in [0, 0.1) is 0 Å². The Morgan fingerprint density at radius 3 is 3.00 bits per heavy atom. The number of ether oxygens (including phenoxy) is 1. The SMILES string of the molecule is CCNc1cc(COC)ncn1. The Morgan fingerprint density at radius 1 is 1.50 bits per heavy atom. The summed E-state index contributed by atoms with van der Waals surface area (Å²) < 4.78 is 4.94. The van der Waals surface area contributed by atoms with E-state index in [1.807, 2.05) is 13.0 Å². The number of hydrogen-bond donors (Lipinski definition) is 1. The van der Waals surface area contributed by atoms with E-state index in [1.165, 1.54) is 6.33 Å². The van der Waals surface area contributed by atoms with Crippen LogP contribution >= 0.6 is 0 Å². The monoisotopic (exact) mass is 167 g/mol. The zero-order valence-corrected chi connectivity index (χ0v) is 7.37. The van der Waals surface area contributed by atoms with Gasteiger partial charge in [0.2, 0.25) is 0 Å². The van der Waals surface area contributed by atoms with Crippen molar-refractivity contribution in [3.8, 4) is 0 Å². The van der Waals surface area contributed by atoms with Gasteiger partial charge in [-0.15, -0.1) is 0 Å². The Kier molecular flexibility index (Phi) is 3.47. The van der Waals surface area contributed by atoms with Gasteiger partial charge in [-0.2, -0.15) is 0 Å². The van der Waals surface area contributed by atoms with Gasteiger partial charge >= 0.3 is 0 Å². The maximum atomic E-state index is 4.94. The molecule has 0 unspecified atom stereocenters. The second-order valence-corrected chi connectivity index (χ2v) is 2.36. The molecule has 0 aliphatic rings. The summed E-state index contributed by atoms with van der Waals surface area (Å²) in [5.74, 6) is 0.847. The average molecular weight is 167 g/mol. The second-order valence-electron chi connectivity index (χ2n) is 2.36. The van der Waals surface area contributed by atoms with E-state index in [2.05, 4.69) is 15.3 Å². The molecule has 1 rings (SSSR count). The molecule has 0 fully saturated rings. The molecule has 12 heavy (non-hydrogen) atoms. The van der Waals surface area contributed by atoms with Crippen LogP contribution < -0.4 is 5.32 Å². The molecule has 1 aromatic rings. The summed E-state index contributed by atoms with van der Waals surface area (Å²) in [6, 6.07) is 1.88. The van der Waals surface area contributed by atoms with Gasteiger partial charge in [-0.25, -0.2) is 9.97 Å². The standard InChI is InChI=1S/C8H13N3O/c1-3-9-8-4-7(5-12-2)10-6-11-8/h4,6H,3,5H2,1-2H3,(H,9,10,11). The summed E-state index contributed by atoms with van der Waals surface area (Å²) in [5.41, 5.74) is 0.892. The van der Waals surface area contributed by atoms with Crippen LogP contribution in [0.5, 0.6) is 0 Å². The van der Waals surface area contributed by atoms with Crippen LogP contribution in [0.25, 0.3) is 0 Å². The second kappa shape index (κ2) is 4.66. The fourth-order valence-electron chi connectivity index (χ4n) is 0.902. The van der Waals surface area contributed by atoms with E-state index in [4.69, 9.17) is 4.74 Å². The van der Waals surface area contributed by atoms with Gasteiger partial charge in [0, 0.05) is 19.7 Å². The van der Waals surface area contributed by atoms with Gasteiger partial charge < -0.3 is 10.1 Å². The highest BCUT2D eigenvalue weighted by Gasteiger charge is 1.95. The van der Waals surface area contributed by atoms with E-state index in [0.717, 1.165) is 18.1 Å². The van der Waals surface area contributed by atoms with Crippen LogP contribution in [-0.4, -0.2) is 23.6 Å². The lowest BCUT2D eigenvalue weighted by atomic mass is 10.4. The third-order valence-corrected chi connectivity index (χ3v) is 1.37. The molecule has 0 amide bonds. The highest BCUT2D eigenvalue weighted by molar-refractivity contribution is 5.34. The minimum Gasteiger partial charge on any atom is -0.378 e. The number of aromatic nitrogens is 2. The molecule has 1 aromatic heterocycles. The Hall–Kier alpha value is -1.16. The van der Waals surface area contributed by atoms with E-state index in [0.29, 0.717) is 6.61 Å². The minimum absolute atomic E-state index is 0.529.